The Labute approximate surface area is 57.2 Å². The van der Waals surface area contributed by atoms with E-state index in [0.29, 0.717) is 6.10 Å². The molecule has 0 amide bonds. The lowest BCUT2D eigenvalue weighted by Crippen LogP contribution is -1.94. The van der Waals surface area contributed by atoms with E-state index in [1.807, 2.05) is 0 Å². The van der Waals surface area contributed by atoms with Gasteiger partial charge in [-0.2, -0.15) is 0 Å². The lowest BCUT2D eigenvalue weighted by atomic mass is 10.3. The second kappa shape index (κ2) is 6.05. The van der Waals surface area contributed by atoms with E-state index in [9.17, 15) is 0 Å². The first-order valence-electron chi connectivity index (χ1n) is 3.33. The Bertz CT molecular complexity index is 48.9. The number of hydrogen-bond donors (Lipinski definition) is 0. The molecule has 1 rings (SSSR count). The van der Waals surface area contributed by atoms with Gasteiger partial charge in [-0.3, -0.25) is 0 Å². The third kappa shape index (κ3) is 5.80. The van der Waals surface area contributed by atoms with Gasteiger partial charge in [-0.15, -0.1) is 0 Å². The standard InChI is InChI=1S/C5H10O.C2H6O/c1-5-3-2-4-6-5;1-3-2/h5H,2-4H2,1H3;1-2H3/t5-;/m0./s1. The predicted molar refractivity (Wildman–Crippen MR) is 37.6 cm³/mol. The SMILES string of the molecule is COC.C[C@H]1CCCO1. The monoisotopic (exact) mass is 132 g/mol. The van der Waals surface area contributed by atoms with E-state index in [2.05, 4.69) is 11.7 Å². The Morgan fingerprint density at radius 2 is 2.00 bits per heavy atom. The average molecular weight is 132 g/mol. The molecular weight excluding hydrogens is 116 g/mol. The first-order chi connectivity index (χ1) is 4.31. The molecule has 1 aliphatic heterocycles. The average Bonchev–Trinajstić information content (AvgIpc) is 2.20. The molecule has 1 heterocycles. The minimum absolute atomic E-state index is 0.546. The van der Waals surface area contributed by atoms with Gasteiger partial charge in [0.2, 0.25) is 0 Å². The Morgan fingerprint density at radius 3 is 2.11 bits per heavy atom. The quantitative estimate of drug-likeness (QED) is 0.496. The number of methoxy groups -OCH3 is 1. The van der Waals surface area contributed by atoms with Crippen LogP contribution in [0.3, 0.4) is 0 Å². The molecule has 0 aliphatic carbocycles. The second-order valence-corrected chi connectivity index (χ2v) is 2.23. The molecule has 0 N–H and O–H groups in total. The summed E-state index contributed by atoms with van der Waals surface area (Å²) in [6, 6.07) is 0. The predicted octanol–water partition coefficient (Wildman–Crippen LogP) is 1.45. The van der Waals surface area contributed by atoms with Gasteiger partial charge in [0.1, 0.15) is 0 Å². The van der Waals surface area contributed by atoms with Gasteiger partial charge >= 0.3 is 0 Å². The zero-order valence-electron chi connectivity index (χ0n) is 6.52. The molecule has 0 aromatic carbocycles. The van der Waals surface area contributed by atoms with Crippen LogP contribution < -0.4 is 0 Å². The fourth-order valence-electron chi connectivity index (χ4n) is 0.739. The van der Waals surface area contributed by atoms with Crippen molar-refractivity contribution in [1.29, 1.82) is 0 Å². The molecular formula is C7H16O2. The summed E-state index contributed by atoms with van der Waals surface area (Å²) in [5.74, 6) is 0. The smallest absolute Gasteiger partial charge is 0.0547 e. The molecule has 0 radical (unpaired) electrons. The van der Waals surface area contributed by atoms with Gasteiger partial charge in [-0.25, -0.2) is 0 Å². The zero-order valence-corrected chi connectivity index (χ0v) is 6.52. The lowest BCUT2D eigenvalue weighted by Gasteiger charge is -1.94. The minimum Gasteiger partial charge on any atom is -0.388 e. The van der Waals surface area contributed by atoms with Crippen LogP contribution in [0.15, 0.2) is 0 Å². The van der Waals surface area contributed by atoms with Crippen LogP contribution in [0.25, 0.3) is 0 Å². The van der Waals surface area contributed by atoms with Crippen LogP contribution in [0.4, 0.5) is 0 Å². The van der Waals surface area contributed by atoms with Crippen molar-refractivity contribution in [2.24, 2.45) is 0 Å². The minimum atomic E-state index is 0.546. The fraction of sp³-hybridized carbons (Fsp3) is 1.00. The van der Waals surface area contributed by atoms with Crippen LogP contribution in [0, 0.1) is 0 Å². The Balaban J connectivity index is 0.000000187. The summed E-state index contributed by atoms with van der Waals surface area (Å²) in [4.78, 5) is 0. The fourth-order valence-corrected chi connectivity index (χ4v) is 0.739. The zero-order chi connectivity index (χ0) is 7.11. The molecule has 1 aliphatic rings. The van der Waals surface area contributed by atoms with Crippen LogP contribution in [0.2, 0.25) is 0 Å². The van der Waals surface area contributed by atoms with Crippen molar-refractivity contribution in [3.8, 4) is 0 Å². The van der Waals surface area contributed by atoms with E-state index in [4.69, 9.17) is 4.74 Å². The van der Waals surface area contributed by atoms with E-state index >= 15 is 0 Å². The molecule has 56 valence electrons. The molecule has 0 bridgehead atoms. The van der Waals surface area contributed by atoms with Gasteiger partial charge in [0.25, 0.3) is 0 Å². The van der Waals surface area contributed by atoms with Gasteiger partial charge in [-0.1, -0.05) is 0 Å². The summed E-state index contributed by atoms with van der Waals surface area (Å²) in [5, 5.41) is 0. The van der Waals surface area contributed by atoms with Gasteiger partial charge in [-0.05, 0) is 19.8 Å². The largest absolute Gasteiger partial charge is 0.388 e. The van der Waals surface area contributed by atoms with Crippen molar-refractivity contribution >= 4 is 0 Å². The van der Waals surface area contributed by atoms with Crippen LogP contribution in [-0.2, 0) is 9.47 Å². The molecule has 0 aromatic rings. The van der Waals surface area contributed by atoms with Crippen LogP contribution >= 0.6 is 0 Å². The van der Waals surface area contributed by atoms with E-state index in [1.54, 1.807) is 14.2 Å². The highest BCUT2D eigenvalue weighted by atomic mass is 16.5. The molecule has 1 saturated heterocycles. The number of hydrogen-bond acceptors (Lipinski definition) is 2. The van der Waals surface area contributed by atoms with Crippen LogP contribution in [0.5, 0.6) is 0 Å². The van der Waals surface area contributed by atoms with E-state index in [1.165, 1.54) is 12.8 Å². The molecule has 9 heavy (non-hydrogen) atoms. The normalized spacial score (nSPS) is 25.0. The van der Waals surface area contributed by atoms with Crippen molar-refractivity contribution in [3.05, 3.63) is 0 Å². The van der Waals surface area contributed by atoms with E-state index in [0.717, 1.165) is 6.61 Å². The van der Waals surface area contributed by atoms with E-state index < -0.39 is 0 Å². The first kappa shape index (κ1) is 8.92. The Kier molecular flexibility index (Phi) is 5.99. The summed E-state index contributed by atoms with van der Waals surface area (Å²) in [5.41, 5.74) is 0. The molecule has 0 spiro atoms. The van der Waals surface area contributed by atoms with Crippen molar-refractivity contribution in [1.82, 2.24) is 0 Å². The first-order valence-corrected chi connectivity index (χ1v) is 3.33. The van der Waals surface area contributed by atoms with Gasteiger partial charge < -0.3 is 9.47 Å². The molecule has 1 fully saturated rings. The lowest BCUT2D eigenvalue weighted by molar-refractivity contribution is 0.125. The second-order valence-electron chi connectivity index (χ2n) is 2.23. The highest BCUT2D eigenvalue weighted by Gasteiger charge is 2.07. The summed E-state index contributed by atoms with van der Waals surface area (Å²) in [6.45, 7) is 3.11. The molecule has 1 atom stereocenters. The van der Waals surface area contributed by atoms with Crippen molar-refractivity contribution in [2.45, 2.75) is 25.9 Å². The summed E-state index contributed by atoms with van der Waals surface area (Å²) < 4.78 is 9.40. The topological polar surface area (TPSA) is 18.5 Å². The van der Waals surface area contributed by atoms with Gasteiger partial charge in [0, 0.05) is 20.8 Å². The Morgan fingerprint density at radius 1 is 1.44 bits per heavy atom. The van der Waals surface area contributed by atoms with Crippen molar-refractivity contribution in [2.75, 3.05) is 20.8 Å². The molecule has 2 nitrogen and oxygen atoms in total. The van der Waals surface area contributed by atoms with Gasteiger partial charge in [0.05, 0.1) is 6.10 Å². The van der Waals surface area contributed by atoms with E-state index in [-0.39, 0.29) is 0 Å². The maximum Gasteiger partial charge on any atom is 0.0547 e. The van der Waals surface area contributed by atoms with Crippen LogP contribution in [-0.4, -0.2) is 26.9 Å². The molecule has 2 heteroatoms. The van der Waals surface area contributed by atoms with Crippen molar-refractivity contribution < 1.29 is 9.47 Å². The molecule has 0 aromatic heterocycles. The summed E-state index contributed by atoms with van der Waals surface area (Å²) in [6.07, 6.45) is 3.08. The molecule has 0 unspecified atom stereocenters. The third-order valence-electron chi connectivity index (χ3n) is 1.16. The highest BCUT2D eigenvalue weighted by Crippen LogP contribution is 2.09. The highest BCUT2D eigenvalue weighted by molar-refractivity contribution is 4.56. The summed E-state index contributed by atoms with van der Waals surface area (Å²) in [7, 11) is 3.25. The van der Waals surface area contributed by atoms with Crippen molar-refractivity contribution in [3.63, 3.8) is 0 Å². The van der Waals surface area contributed by atoms with Crippen LogP contribution in [0.1, 0.15) is 19.8 Å². The number of rotatable bonds is 0. The third-order valence-corrected chi connectivity index (χ3v) is 1.16. The van der Waals surface area contributed by atoms with Gasteiger partial charge in [0.15, 0.2) is 0 Å². The molecule has 0 saturated carbocycles. The summed E-state index contributed by atoms with van der Waals surface area (Å²) >= 11 is 0. The maximum absolute atomic E-state index is 5.15. The maximum atomic E-state index is 5.15. The Hall–Kier alpha value is -0.0800. The number of ether oxygens (including phenoxy) is 2.